The summed E-state index contributed by atoms with van der Waals surface area (Å²) < 4.78 is 10.6. The fraction of sp³-hybridized carbons (Fsp3) is 0.300. The fourth-order valence-electron chi connectivity index (χ4n) is 3.13. The van der Waals surface area contributed by atoms with Crippen LogP contribution in [0.1, 0.15) is 16.4 Å². The maximum atomic E-state index is 12.5. The standard InChI is InChI=1S/C20H21N5O3/c1-27-16-7-5-15(6-8-16)19-22-18(28-23-19)14-24-10-12-25(13-11-24)20(26)17-4-2-3-9-21-17/h2-9H,10-14H2,1H3. The van der Waals surface area contributed by atoms with Gasteiger partial charge in [0.15, 0.2) is 0 Å². The molecule has 1 aliphatic heterocycles. The predicted molar refractivity (Wildman–Crippen MR) is 102 cm³/mol. The Morgan fingerprint density at radius 1 is 1.11 bits per heavy atom. The molecule has 1 saturated heterocycles. The van der Waals surface area contributed by atoms with Crippen LogP contribution in [0, 0.1) is 0 Å². The van der Waals surface area contributed by atoms with Crippen LogP contribution in [0.5, 0.6) is 5.75 Å². The Bertz CT molecular complexity index is 919. The number of hydrogen-bond acceptors (Lipinski definition) is 7. The van der Waals surface area contributed by atoms with Gasteiger partial charge in [0.1, 0.15) is 11.4 Å². The summed E-state index contributed by atoms with van der Waals surface area (Å²) in [5, 5.41) is 4.06. The lowest BCUT2D eigenvalue weighted by atomic mass is 10.2. The normalized spacial score (nSPS) is 14.8. The van der Waals surface area contributed by atoms with E-state index >= 15 is 0 Å². The van der Waals surface area contributed by atoms with Gasteiger partial charge in [0.2, 0.25) is 11.7 Å². The van der Waals surface area contributed by atoms with Gasteiger partial charge in [-0.2, -0.15) is 4.98 Å². The number of aromatic nitrogens is 3. The zero-order valence-corrected chi connectivity index (χ0v) is 15.6. The topological polar surface area (TPSA) is 84.6 Å². The van der Waals surface area contributed by atoms with Gasteiger partial charge in [-0.15, -0.1) is 0 Å². The highest BCUT2D eigenvalue weighted by molar-refractivity contribution is 5.92. The predicted octanol–water partition coefficient (Wildman–Crippen LogP) is 2.10. The Morgan fingerprint density at radius 3 is 2.57 bits per heavy atom. The highest BCUT2D eigenvalue weighted by atomic mass is 16.5. The van der Waals surface area contributed by atoms with E-state index in [0.717, 1.165) is 24.4 Å². The van der Waals surface area contributed by atoms with Crippen LogP contribution in [0.3, 0.4) is 0 Å². The number of nitrogens with zero attached hydrogens (tertiary/aromatic N) is 5. The number of rotatable bonds is 5. The second kappa shape index (κ2) is 8.18. The lowest BCUT2D eigenvalue weighted by Gasteiger charge is -2.33. The molecule has 1 fully saturated rings. The molecule has 8 heteroatoms. The summed E-state index contributed by atoms with van der Waals surface area (Å²) in [6.07, 6.45) is 1.64. The van der Waals surface area contributed by atoms with Crippen LogP contribution in [0.4, 0.5) is 0 Å². The molecule has 0 aliphatic carbocycles. The summed E-state index contributed by atoms with van der Waals surface area (Å²) in [6, 6.07) is 12.9. The summed E-state index contributed by atoms with van der Waals surface area (Å²) in [5.41, 5.74) is 1.36. The van der Waals surface area contributed by atoms with E-state index in [-0.39, 0.29) is 5.91 Å². The molecule has 0 spiro atoms. The van der Waals surface area contributed by atoms with Gasteiger partial charge in [0.05, 0.1) is 13.7 Å². The number of benzene rings is 1. The van der Waals surface area contributed by atoms with Crippen LogP contribution >= 0.6 is 0 Å². The Morgan fingerprint density at radius 2 is 1.89 bits per heavy atom. The van der Waals surface area contributed by atoms with Crippen molar-refractivity contribution in [3.63, 3.8) is 0 Å². The number of ether oxygens (including phenoxy) is 1. The molecular formula is C20H21N5O3. The molecular weight excluding hydrogens is 358 g/mol. The van der Waals surface area contributed by atoms with Gasteiger partial charge in [-0.1, -0.05) is 11.2 Å². The lowest BCUT2D eigenvalue weighted by Crippen LogP contribution is -2.48. The molecule has 0 radical (unpaired) electrons. The van der Waals surface area contributed by atoms with Crippen LogP contribution in [0.2, 0.25) is 0 Å². The molecule has 0 unspecified atom stereocenters. The Kier molecular flexibility index (Phi) is 5.29. The second-order valence-corrected chi connectivity index (χ2v) is 6.52. The largest absolute Gasteiger partial charge is 0.497 e. The summed E-state index contributed by atoms with van der Waals surface area (Å²) in [5.74, 6) is 1.88. The smallest absolute Gasteiger partial charge is 0.272 e. The first kappa shape index (κ1) is 18.1. The van der Waals surface area contributed by atoms with Crippen molar-refractivity contribution >= 4 is 5.91 Å². The lowest BCUT2D eigenvalue weighted by molar-refractivity contribution is 0.0609. The number of carbonyl (C=O) groups is 1. The fourth-order valence-corrected chi connectivity index (χ4v) is 3.13. The molecule has 3 aromatic rings. The van der Waals surface area contributed by atoms with Crippen LogP contribution in [-0.4, -0.2) is 64.1 Å². The van der Waals surface area contributed by atoms with Crippen molar-refractivity contribution in [2.24, 2.45) is 0 Å². The van der Waals surface area contributed by atoms with Crippen molar-refractivity contribution in [3.8, 4) is 17.1 Å². The molecule has 2 aromatic heterocycles. The van der Waals surface area contributed by atoms with Crippen molar-refractivity contribution in [3.05, 3.63) is 60.2 Å². The van der Waals surface area contributed by atoms with Gasteiger partial charge in [0.25, 0.3) is 5.91 Å². The van der Waals surface area contributed by atoms with Crippen molar-refractivity contribution in [1.29, 1.82) is 0 Å². The Balaban J connectivity index is 1.32. The number of amides is 1. The Labute approximate surface area is 162 Å². The van der Waals surface area contributed by atoms with Gasteiger partial charge in [-0.3, -0.25) is 14.7 Å². The number of carbonyl (C=O) groups excluding carboxylic acids is 1. The van der Waals surface area contributed by atoms with Crippen molar-refractivity contribution < 1.29 is 14.1 Å². The van der Waals surface area contributed by atoms with Crippen LogP contribution in [0.15, 0.2) is 53.2 Å². The monoisotopic (exact) mass is 379 g/mol. The molecule has 0 bridgehead atoms. The molecule has 3 heterocycles. The average Bonchev–Trinajstić information content (AvgIpc) is 3.23. The van der Waals surface area contributed by atoms with E-state index in [2.05, 4.69) is 20.0 Å². The Hall–Kier alpha value is -3.26. The molecule has 28 heavy (non-hydrogen) atoms. The van der Waals surface area contributed by atoms with Gasteiger partial charge in [-0.05, 0) is 36.4 Å². The van der Waals surface area contributed by atoms with Crippen LogP contribution in [0.25, 0.3) is 11.4 Å². The zero-order valence-electron chi connectivity index (χ0n) is 15.6. The summed E-state index contributed by atoms with van der Waals surface area (Å²) in [7, 11) is 1.63. The summed E-state index contributed by atoms with van der Waals surface area (Å²) >= 11 is 0. The molecule has 1 aliphatic rings. The number of pyridine rings is 1. The molecule has 0 N–H and O–H groups in total. The summed E-state index contributed by atoms with van der Waals surface area (Å²) in [4.78, 5) is 25.1. The third kappa shape index (κ3) is 4.01. The molecule has 1 amide bonds. The third-order valence-electron chi connectivity index (χ3n) is 4.72. The average molecular weight is 379 g/mol. The van der Waals surface area contributed by atoms with E-state index in [1.807, 2.05) is 35.2 Å². The molecule has 0 saturated carbocycles. The van der Waals surface area contributed by atoms with Gasteiger partial charge < -0.3 is 14.2 Å². The van der Waals surface area contributed by atoms with E-state index in [0.29, 0.717) is 37.0 Å². The molecule has 144 valence electrons. The van der Waals surface area contributed by atoms with Crippen molar-refractivity contribution in [2.75, 3.05) is 33.3 Å². The minimum Gasteiger partial charge on any atom is -0.497 e. The molecule has 4 rings (SSSR count). The molecule has 8 nitrogen and oxygen atoms in total. The first-order valence-electron chi connectivity index (χ1n) is 9.12. The summed E-state index contributed by atoms with van der Waals surface area (Å²) in [6.45, 7) is 3.36. The van der Waals surface area contributed by atoms with E-state index in [1.54, 1.807) is 25.4 Å². The van der Waals surface area contributed by atoms with Gasteiger partial charge in [0, 0.05) is 37.9 Å². The quantitative estimate of drug-likeness (QED) is 0.671. The third-order valence-corrected chi connectivity index (χ3v) is 4.72. The van der Waals surface area contributed by atoms with E-state index < -0.39 is 0 Å². The number of methoxy groups -OCH3 is 1. The van der Waals surface area contributed by atoms with E-state index in [4.69, 9.17) is 9.26 Å². The van der Waals surface area contributed by atoms with Crippen LogP contribution in [-0.2, 0) is 6.54 Å². The molecule has 0 atom stereocenters. The van der Waals surface area contributed by atoms with Crippen molar-refractivity contribution in [2.45, 2.75) is 6.54 Å². The first-order chi connectivity index (χ1) is 13.7. The minimum atomic E-state index is -0.0279. The molecule has 1 aromatic carbocycles. The van der Waals surface area contributed by atoms with Gasteiger partial charge >= 0.3 is 0 Å². The van der Waals surface area contributed by atoms with E-state index in [9.17, 15) is 4.79 Å². The minimum absolute atomic E-state index is 0.0279. The van der Waals surface area contributed by atoms with E-state index in [1.165, 1.54) is 0 Å². The second-order valence-electron chi connectivity index (χ2n) is 6.52. The zero-order chi connectivity index (χ0) is 19.3. The highest BCUT2D eigenvalue weighted by Crippen LogP contribution is 2.20. The number of hydrogen-bond donors (Lipinski definition) is 0. The first-order valence-corrected chi connectivity index (χ1v) is 9.12. The SMILES string of the molecule is COc1ccc(-c2noc(CN3CCN(C(=O)c4ccccn4)CC3)n2)cc1. The number of piperazine rings is 1. The maximum absolute atomic E-state index is 12.5. The van der Waals surface area contributed by atoms with Crippen LogP contribution < -0.4 is 4.74 Å². The maximum Gasteiger partial charge on any atom is 0.272 e. The van der Waals surface area contributed by atoms with Crippen molar-refractivity contribution in [1.82, 2.24) is 24.9 Å². The highest BCUT2D eigenvalue weighted by Gasteiger charge is 2.24. The van der Waals surface area contributed by atoms with Gasteiger partial charge in [-0.25, -0.2) is 0 Å².